The summed E-state index contributed by atoms with van der Waals surface area (Å²) < 4.78 is 11.1. The van der Waals surface area contributed by atoms with Crippen molar-refractivity contribution >= 4 is 5.91 Å². The highest BCUT2D eigenvalue weighted by Gasteiger charge is 2.32. The molecule has 5 nitrogen and oxygen atoms in total. The molecule has 1 amide bonds. The fraction of sp³-hybridized carbons (Fsp3) is 0.917. The minimum atomic E-state index is -0.174. The highest BCUT2D eigenvalue weighted by atomic mass is 16.5. The summed E-state index contributed by atoms with van der Waals surface area (Å²) in [5, 5.41) is 3.21. The molecule has 5 heteroatoms. The van der Waals surface area contributed by atoms with E-state index in [-0.39, 0.29) is 24.2 Å². The molecular weight excluding hydrogens is 220 g/mol. The largest absolute Gasteiger partial charge is 0.378 e. The van der Waals surface area contributed by atoms with Crippen molar-refractivity contribution in [3.63, 3.8) is 0 Å². The van der Waals surface area contributed by atoms with E-state index in [1.165, 1.54) is 0 Å². The van der Waals surface area contributed by atoms with Gasteiger partial charge < -0.3 is 19.7 Å². The number of carbonyl (C=O) groups is 1. The van der Waals surface area contributed by atoms with Crippen LogP contribution in [-0.2, 0) is 14.3 Å². The first-order valence-corrected chi connectivity index (χ1v) is 6.46. The highest BCUT2D eigenvalue weighted by molar-refractivity contribution is 5.82. The van der Waals surface area contributed by atoms with Gasteiger partial charge in [-0.05, 0) is 13.3 Å². The van der Waals surface area contributed by atoms with Crippen molar-refractivity contribution in [3.05, 3.63) is 0 Å². The molecule has 2 saturated heterocycles. The first-order chi connectivity index (χ1) is 8.20. The van der Waals surface area contributed by atoms with Gasteiger partial charge >= 0.3 is 0 Å². The lowest BCUT2D eigenvalue weighted by Crippen LogP contribution is -2.57. The average Bonchev–Trinajstić information content (AvgIpc) is 2.38. The fourth-order valence-electron chi connectivity index (χ4n) is 2.39. The van der Waals surface area contributed by atoms with Gasteiger partial charge in [-0.1, -0.05) is 6.92 Å². The molecule has 2 aliphatic heterocycles. The Morgan fingerprint density at radius 3 is 2.94 bits per heavy atom. The molecule has 2 rings (SSSR count). The second kappa shape index (κ2) is 5.80. The molecular formula is C12H22N2O3. The van der Waals surface area contributed by atoms with Crippen molar-refractivity contribution in [1.29, 1.82) is 0 Å². The number of carbonyl (C=O) groups excluding carboxylic acids is 1. The Bertz CT molecular complexity index is 266. The van der Waals surface area contributed by atoms with Crippen LogP contribution in [0.5, 0.6) is 0 Å². The molecule has 0 aromatic heterocycles. The number of amides is 1. The maximum atomic E-state index is 12.3. The molecule has 0 bridgehead atoms. The van der Waals surface area contributed by atoms with Gasteiger partial charge in [0.2, 0.25) is 5.91 Å². The SMILES string of the molecule is CC[C@@H]1CN(C(=O)[C@@H]2COCCN2)C[C@H](C)O1. The number of hydrogen-bond acceptors (Lipinski definition) is 4. The van der Waals surface area contributed by atoms with E-state index < -0.39 is 0 Å². The number of morpholine rings is 2. The highest BCUT2D eigenvalue weighted by Crippen LogP contribution is 2.15. The van der Waals surface area contributed by atoms with Crippen LogP contribution >= 0.6 is 0 Å². The summed E-state index contributed by atoms with van der Waals surface area (Å²) >= 11 is 0. The van der Waals surface area contributed by atoms with Crippen LogP contribution in [0.25, 0.3) is 0 Å². The normalized spacial score (nSPS) is 34.7. The van der Waals surface area contributed by atoms with E-state index in [9.17, 15) is 4.79 Å². The summed E-state index contributed by atoms with van der Waals surface area (Å²) in [6.45, 7) is 7.45. The average molecular weight is 242 g/mol. The van der Waals surface area contributed by atoms with Crippen LogP contribution in [-0.4, -0.2) is 61.9 Å². The zero-order chi connectivity index (χ0) is 12.3. The Hall–Kier alpha value is -0.650. The van der Waals surface area contributed by atoms with Crippen molar-refractivity contribution in [2.24, 2.45) is 0 Å². The van der Waals surface area contributed by atoms with E-state index in [4.69, 9.17) is 9.47 Å². The van der Waals surface area contributed by atoms with E-state index in [1.54, 1.807) is 0 Å². The monoisotopic (exact) mass is 242 g/mol. The Balaban J connectivity index is 1.93. The van der Waals surface area contributed by atoms with Crippen molar-refractivity contribution in [2.45, 2.75) is 38.5 Å². The lowest BCUT2D eigenvalue weighted by molar-refractivity contribution is -0.149. The molecule has 0 aromatic carbocycles. The topological polar surface area (TPSA) is 50.8 Å². The van der Waals surface area contributed by atoms with Crippen LogP contribution in [0.15, 0.2) is 0 Å². The maximum Gasteiger partial charge on any atom is 0.242 e. The third kappa shape index (κ3) is 3.18. The van der Waals surface area contributed by atoms with E-state index >= 15 is 0 Å². The summed E-state index contributed by atoms with van der Waals surface area (Å²) in [7, 11) is 0. The third-order valence-electron chi connectivity index (χ3n) is 3.31. The Labute approximate surface area is 102 Å². The quantitative estimate of drug-likeness (QED) is 0.740. The van der Waals surface area contributed by atoms with Gasteiger partial charge in [0.15, 0.2) is 0 Å². The van der Waals surface area contributed by atoms with Crippen molar-refractivity contribution < 1.29 is 14.3 Å². The summed E-state index contributed by atoms with van der Waals surface area (Å²) in [5.41, 5.74) is 0. The van der Waals surface area contributed by atoms with Crippen LogP contribution in [0.4, 0.5) is 0 Å². The second-order valence-electron chi connectivity index (χ2n) is 4.80. The van der Waals surface area contributed by atoms with Gasteiger partial charge in [-0.2, -0.15) is 0 Å². The second-order valence-corrected chi connectivity index (χ2v) is 4.80. The molecule has 2 heterocycles. The first kappa shape index (κ1) is 12.8. The molecule has 0 radical (unpaired) electrons. The zero-order valence-corrected chi connectivity index (χ0v) is 10.6. The zero-order valence-electron chi connectivity index (χ0n) is 10.6. The van der Waals surface area contributed by atoms with Gasteiger partial charge in [0.05, 0.1) is 25.4 Å². The van der Waals surface area contributed by atoms with Crippen LogP contribution in [0.1, 0.15) is 20.3 Å². The predicted molar refractivity (Wildman–Crippen MR) is 63.8 cm³/mol. The molecule has 0 spiro atoms. The van der Waals surface area contributed by atoms with Gasteiger partial charge in [0.1, 0.15) is 6.04 Å². The van der Waals surface area contributed by atoms with Crippen LogP contribution in [0.2, 0.25) is 0 Å². The van der Waals surface area contributed by atoms with Crippen LogP contribution in [0.3, 0.4) is 0 Å². The summed E-state index contributed by atoms with van der Waals surface area (Å²) in [6, 6.07) is -0.174. The molecule has 3 atom stereocenters. The minimum absolute atomic E-state index is 0.127. The van der Waals surface area contributed by atoms with Crippen molar-refractivity contribution in [1.82, 2.24) is 10.2 Å². The van der Waals surface area contributed by atoms with Crippen LogP contribution < -0.4 is 5.32 Å². The Kier molecular flexibility index (Phi) is 4.36. The van der Waals surface area contributed by atoms with Gasteiger partial charge in [-0.15, -0.1) is 0 Å². The fourth-order valence-corrected chi connectivity index (χ4v) is 2.39. The van der Waals surface area contributed by atoms with E-state index in [0.29, 0.717) is 26.3 Å². The van der Waals surface area contributed by atoms with Gasteiger partial charge in [-0.25, -0.2) is 0 Å². The lowest BCUT2D eigenvalue weighted by atomic mass is 10.1. The molecule has 2 fully saturated rings. The van der Waals surface area contributed by atoms with Gasteiger partial charge in [0.25, 0.3) is 0 Å². The standard InChI is InChI=1S/C12H22N2O3/c1-3-10-7-14(6-9(2)17-10)12(15)11-8-16-5-4-13-11/h9-11,13H,3-8H2,1-2H3/t9-,10+,11-/m0/s1. The van der Waals surface area contributed by atoms with E-state index in [1.807, 2.05) is 11.8 Å². The number of hydrogen-bond donors (Lipinski definition) is 1. The lowest BCUT2D eigenvalue weighted by Gasteiger charge is -2.38. The van der Waals surface area contributed by atoms with E-state index in [2.05, 4.69) is 12.2 Å². The summed E-state index contributed by atoms with van der Waals surface area (Å²) in [6.07, 6.45) is 1.25. The number of nitrogens with one attached hydrogen (secondary N) is 1. The molecule has 0 aliphatic carbocycles. The smallest absolute Gasteiger partial charge is 0.242 e. The van der Waals surface area contributed by atoms with Crippen molar-refractivity contribution in [2.75, 3.05) is 32.8 Å². The molecule has 98 valence electrons. The molecule has 0 saturated carbocycles. The number of rotatable bonds is 2. The first-order valence-electron chi connectivity index (χ1n) is 6.46. The van der Waals surface area contributed by atoms with E-state index in [0.717, 1.165) is 13.0 Å². The maximum absolute atomic E-state index is 12.3. The van der Waals surface area contributed by atoms with Crippen molar-refractivity contribution in [3.8, 4) is 0 Å². The Morgan fingerprint density at radius 1 is 1.47 bits per heavy atom. The molecule has 17 heavy (non-hydrogen) atoms. The predicted octanol–water partition coefficient (Wildman–Crippen LogP) is 0.000700. The molecule has 0 aromatic rings. The van der Waals surface area contributed by atoms with Crippen LogP contribution in [0, 0.1) is 0 Å². The minimum Gasteiger partial charge on any atom is -0.378 e. The number of nitrogens with zero attached hydrogens (tertiary/aromatic N) is 1. The molecule has 0 unspecified atom stereocenters. The molecule has 1 N–H and O–H groups in total. The third-order valence-corrected chi connectivity index (χ3v) is 3.31. The van der Waals surface area contributed by atoms with Gasteiger partial charge in [0, 0.05) is 19.6 Å². The molecule has 2 aliphatic rings. The number of ether oxygens (including phenoxy) is 2. The summed E-state index contributed by atoms with van der Waals surface area (Å²) in [4.78, 5) is 14.2. The Morgan fingerprint density at radius 2 is 2.29 bits per heavy atom. The van der Waals surface area contributed by atoms with Gasteiger partial charge in [-0.3, -0.25) is 4.79 Å². The summed E-state index contributed by atoms with van der Waals surface area (Å²) in [5.74, 6) is 0.151.